The molecule has 8 aliphatic heterocycles. The summed E-state index contributed by atoms with van der Waals surface area (Å²) in [4.78, 5) is 30.2. The molecule has 2 aromatic carbocycles. The first-order valence-electron chi connectivity index (χ1n) is 16.6. The Kier molecular flexibility index (Phi) is 9.75. The highest BCUT2D eigenvalue weighted by atomic mass is 79.9. The van der Waals surface area contributed by atoms with E-state index in [-0.39, 0.29) is 23.6 Å². The number of oxime groups is 1. The zero-order chi connectivity index (χ0) is 32.2. The zero-order valence-corrected chi connectivity index (χ0v) is 31.3. The van der Waals surface area contributed by atoms with Crippen LogP contribution in [0.4, 0.5) is 5.69 Å². The molecule has 10 heterocycles. The molecule has 0 radical (unpaired) electrons. The van der Waals surface area contributed by atoms with E-state index in [1.54, 1.807) is 22.7 Å². The second kappa shape index (κ2) is 13.7. The number of rotatable bonds is 1. The fourth-order valence-electron chi connectivity index (χ4n) is 8.24. The van der Waals surface area contributed by atoms with E-state index >= 15 is 0 Å². The van der Waals surface area contributed by atoms with E-state index in [0.717, 1.165) is 63.0 Å². The van der Waals surface area contributed by atoms with Crippen molar-refractivity contribution in [1.29, 1.82) is 0 Å². The Bertz CT molecular complexity index is 1850. The van der Waals surface area contributed by atoms with Crippen LogP contribution in [0.5, 0.6) is 0 Å². The van der Waals surface area contributed by atoms with Gasteiger partial charge in [0.1, 0.15) is 17.3 Å². The van der Waals surface area contributed by atoms with Gasteiger partial charge in [-0.2, -0.15) is 0 Å². The Morgan fingerprint density at radius 2 is 1.44 bits per heavy atom. The van der Waals surface area contributed by atoms with Gasteiger partial charge in [0.25, 0.3) is 0 Å². The number of amidine groups is 2. The van der Waals surface area contributed by atoms with Crippen molar-refractivity contribution in [3.05, 3.63) is 50.9 Å². The van der Waals surface area contributed by atoms with Crippen LogP contribution < -0.4 is 11.2 Å². The summed E-state index contributed by atoms with van der Waals surface area (Å²) in [7, 11) is 0. The Hall–Kier alpha value is -2.39. The number of aliphatic imine (C=N–C) groups is 1. The highest BCUT2D eigenvalue weighted by Gasteiger charge is 2.53. The van der Waals surface area contributed by atoms with Crippen LogP contribution in [0.15, 0.2) is 51.0 Å². The van der Waals surface area contributed by atoms with E-state index in [1.807, 2.05) is 32.0 Å². The van der Waals surface area contributed by atoms with Gasteiger partial charge in [-0.15, -0.1) is 35.1 Å². The molecule has 2 aromatic heterocycles. The van der Waals surface area contributed by atoms with Crippen LogP contribution in [0.3, 0.4) is 0 Å². The SMILES string of the molecule is Cc1nc2ccc(Br)cc2s1.Cc1nc2ccc(N=C3C[C@@]4(CN5CCC4CC5)ON3)cc2s1.Cl.NC1=NO[C@@]2(C1)CN1CCC2CC1. The highest BCUT2D eigenvalue weighted by Crippen LogP contribution is 2.44. The third-order valence-electron chi connectivity index (χ3n) is 10.5. The summed E-state index contributed by atoms with van der Waals surface area (Å²) in [5.41, 5.74) is 11.8. The van der Waals surface area contributed by atoms with Crippen LogP contribution >= 0.6 is 51.0 Å². The molecule has 12 rings (SSSR count). The first kappa shape index (κ1) is 34.1. The molecule has 7 saturated heterocycles. The van der Waals surface area contributed by atoms with E-state index < -0.39 is 0 Å². The van der Waals surface area contributed by atoms with Crippen LogP contribution in [-0.2, 0) is 9.68 Å². The summed E-state index contributed by atoms with van der Waals surface area (Å²) < 4.78 is 3.56. The van der Waals surface area contributed by atoms with Crippen LogP contribution in [-0.4, -0.2) is 81.9 Å². The predicted molar refractivity (Wildman–Crippen MR) is 201 cm³/mol. The molecule has 256 valence electrons. The van der Waals surface area contributed by atoms with Gasteiger partial charge < -0.3 is 15.5 Å². The molecule has 14 heteroatoms. The summed E-state index contributed by atoms with van der Waals surface area (Å²) in [5.74, 6) is 2.98. The van der Waals surface area contributed by atoms with Gasteiger partial charge >= 0.3 is 0 Å². The van der Waals surface area contributed by atoms with Crippen molar-refractivity contribution in [3.63, 3.8) is 0 Å². The van der Waals surface area contributed by atoms with Crippen molar-refractivity contribution in [2.45, 2.75) is 63.6 Å². The molecule has 0 aliphatic carbocycles. The quantitative estimate of drug-likeness (QED) is 0.214. The van der Waals surface area contributed by atoms with Crippen molar-refractivity contribution in [2.24, 2.45) is 27.7 Å². The molecule has 7 fully saturated rings. The van der Waals surface area contributed by atoms with Gasteiger partial charge in [0.15, 0.2) is 5.60 Å². The first-order valence-corrected chi connectivity index (χ1v) is 19.0. The Balaban J connectivity index is 0.000000124. The molecule has 3 N–H and O–H groups in total. The average molecular weight is 774 g/mol. The number of halogens is 2. The van der Waals surface area contributed by atoms with Gasteiger partial charge in [0.05, 0.1) is 42.6 Å². The average Bonchev–Trinajstić information content (AvgIpc) is 3.83. The number of thiazole rings is 2. The van der Waals surface area contributed by atoms with Crippen LogP contribution in [0.25, 0.3) is 20.4 Å². The number of hydrogen-bond acceptors (Lipinski definition) is 11. The lowest BCUT2D eigenvalue weighted by molar-refractivity contribution is -0.150. The molecule has 10 nitrogen and oxygen atoms in total. The topological polar surface area (TPSA) is 113 Å². The number of hydrogen-bond donors (Lipinski definition) is 2. The number of piperidine rings is 6. The fraction of sp³-hybridized carbons (Fsp3) is 0.529. The molecule has 0 unspecified atom stereocenters. The Morgan fingerprint density at radius 1 is 0.854 bits per heavy atom. The Morgan fingerprint density at radius 3 is 2.00 bits per heavy atom. The van der Waals surface area contributed by atoms with Gasteiger partial charge in [0, 0.05) is 29.9 Å². The van der Waals surface area contributed by atoms with E-state index in [4.69, 9.17) is 20.4 Å². The third-order valence-corrected chi connectivity index (χ3v) is 12.9. The summed E-state index contributed by atoms with van der Waals surface area (Å²) in [6.07, 6.45) is 6.75. The summed E-state index contributed by atoms with van der Waals surface area (Å²) in [6.45, 7) is 11.1. The highest BCUT2D eigenvalue weighted by molar-refractivity contribution is 9.10. The number of nitrogens with two attached hydrogens (primary N) is 1. The second-order valence-electron chi connectivity index (χ2n) is 13.8. The van der Waals surface area contributed by atoms with E-state index in [1.165, 1.54) is 61.3 Å². The monoisotopic (exact) mass is 772 g/mol. The molecule has 48 heavy (non-hydrogen) atoms. The molecule has 0 saturated carbocycles. The number of benzene rings is 2. The molecular weight excluding hydrogens is 732 g/mol. The minimum Gasteiger partial charge on any atom is -0.386 e. The largest absolute Gasteiger partial charge is 0.386 e. The van der Waals surface area contributed by atoms with Gasteiger partial charge in [-0.1, -0.05) is 21.1 Å². The van der Waals surface area contributed by atoms with Crippen molar-refractivity contribution < 1.29 is 9.68 Å². The standard InChI is InChI=1S/C17H20N4OS.C9H15N3O.C8H6BrNS.ClH/c1-11-18-14-3-2-13(8-15(14)23-11)19-16-9-17(22-20-16)10-21-6-4-12(17)5-7-21;10-8-5-9(13-11-8)6-12-3-1-7(9)2-4-12;1-5-10-7-3-2-6(9)4-8(7)11-5;/h2-3,8,12H,4-7,9-10H2,1H3,(H,19,20);7H,1-6H2,(H2,10,11);2-4H,1H3;1H/t17-;9-;;/m00../s1. The number of aryl methyl sites for hydroxylation is 2. The van der Waals surface area contributed by atoms with Crippen molar-refractivity contribution >= 4 is 88.8 Å². The maximum Gasteiger partial charge on any atom is 0.160 e. The maximum absolute atomic E-state index is 6.06. The van der Waals surface area contributed by atoms with E-state index in [0.29, 0.717) is 17.7 Å². The fourth-order valence-corrected chi connectivity index (χ4v) is 10.5. The van der Waals surface area contributed by atoms with Gasteiger partial charge in [-0.25, -0.2) is 15.0 Å². The summed E-state index contributed by atoms with van der Waals surface area (Å²) >= 11 is 6.86. The molecule has 4 bridgehead atoms. The van der Waals surface area contributed by atoms with Crippen molar-refractivity contribution in [2.75, 3.05) is 39.3 Å². The van der Waals surface area contributed by atoms with Crippen LogP contribution in [0, 0.1) is 25.7 Å². The second-order valence-corrected chi connectivity index (χ2v) is 17.1. The number of nitrogens with zero attached hydrogens (tertiary/aromatic N) is 6. The lowest BCUT2D eigenvalue weighted by Gasteiger charge is -2.49. The maximum atomic E-state index is 6.06. The van der Waals surface area contributed by atoms with Gasteiger partial charge in [0.2, 0.25) is 0 Å². The molecule has 0 amide bonds. The van der Waals surface area contributed by atoms with Crippen LogP contribution in [0.2, 0.25) is 0 Å². The minimum atomic E-state index is -0.0550. The number of hydroxylamine groups is 1. The van der Waals surface area contributed by atoms with Crippen molar-refractivity contribution in [1.82, 2.24) is 25.2 Å². The minimum absolute atomic E-state index is 0. The molecule has 2 spiro atoms. The smallest absolute Gasteiger partial charge is 0.160 e. The number of nitrogens with one attached hydrogen (secondary N) is 1. The molecular formula is C34H42BrClN8O2S2. The first-order chi connectivity index (χ1) is 22.7. The molecule has 8 aliphatic rings. The molecule has 2 atom stereocenters. The van der Waals surface area contributed by atoms with Crippen molar-refractivity contribution in [3.8, 4) is 0 Å². The summed E-state index contributed by atoms with van der Waals surface area (Å²) in [6, 6.07) is 12.4. The van der Waals surface area contributed by atoms with Crippen LogP contribution in [0.1, 0.15) is 48.5 Å². The van der Waals surface area contributed by atoms with Gasteiger partial charge in [-0.3, -0.25) is 15.2 Å². The zero-order valence-electron chi connectivity index (χ0n) is 27.3. The normalized spacial score (nSPS) is 32.0. The van der Waals surface area contributed by atoms with Gasteiger partial charge in [-0.05, 0) is 108 Å². The summed E-state index contributed by atoms with van der Waals surface area (Å²) in [5, 5.41) is 6.12. The number of fused-ring (bicyclic) bond motifs is 6. The van der Waals surface area contributed by atoms with E-state index in [2.05, 4.69) is 64.5 Å². The predicted octanol–water partition coefficient (Wildman–Crippen LogP) is 6.96. The van der Waals surface area contributed by atoms with E-state index in [9.17, 15) is 0 Å². The molecule has 4 aromatic rings. The lowest BCUT2D eigenvalue weighted by atomic mass is 9.74. The number of aromatic nitrogens is 2. The lowest BCUT2D eigenvalue weighted by Crippen LogP contribution is -2.59. The Labute approximate surface area is 303 Å². The third kappa shape index (κ3) is 6.84.